The molecule has 4 heterocycles. The number of H-pyrrole nitrogens is 1. The summed E-state index contributed by atoms with van der Waals surface area (Å²) in [7, 11) is 1.51. The Morgan fingerprint density at radius 1 is 1.10 bits per heavy atom. The lowest BCUT2D eigenvalue weighted by Gasteiger charge is -2.33. The Bertz CT molecular complexity index is 1960. The van der Waals surface area contributed by atoms with Crippen LogP contribution in [-0.4, -0.2) is 80.1 Å². The zero-order chi connectivity index (χ0) is 35.6. The Hall–Kier alpha value is -4.73. The van der Waals surface area contributed by atoms with Crippen molar-refractivity contribution < 1.29 is 33.4 Å². The molecule has 4 N–H and O–H groups in total. The van der Waals surface area contributed by atoms with Crippen molar-refractivity contribution in [2.45, 2.75) is 91.0 Å². The van der Waals surface area contributed by atoms with Crippen molar-refractivity contribution in [2.24, 2.45) is 5.92 Å². The number of anilines is 4. The molecule has 49 heavy (non-hydrogen) atoms. The van der Waals surface area contributed by atoms with E-state index in [0.29, 0.717) is 57.1 Å². The highest BCUT2D eigenvalue weighted by Crippen LogP contribution is 2.45. The molecular weight excluding hydrogens is 655 g/mol. The molecular formula is C33H41FN8O6S. The number of alkyl carbamates (subject to hydrolysis) is 1. The van der Waals surface area contributed by atoms with E-state index in [-0.39, 0.29) is 35.3 Å². The molecule has 1 saturated heterocycles. The molecule has 3 aromatic heterocycles. The number of carbonyl (C=O) groups excluding carboxylic acids is 2. The third kappa shape index (κ3) is 6.91. The number of halogens is 1. The van der Waals surface area contributed by atoms with Gasteiger partial charge in [-0.25, -0.2) is 23.8 Å². The van der Waals surface area contributed by atoms with Crippen molar-refractivity contribution in [3.8, 4) is 0 Å². The van der Waals surface area contributed by atoms with E-state index in [4.69, 9.17) is 19.4 Å². The van der Waals surface area contributed by atoms with Gasteiger partial charge in [0.25, 0.3) is 0 Å². The zero-order valence-corrected chi connectivity index (χ0v) is 29.5. The maximum atomic E-state index is 15.4. The molecule has 0 radical (unpaired) electrons. The van der Waals surface area contributed by atoms with Gasteiger partial charge in [-0.1, -0.05) is 6.92 Å². The van der Waals surface area contributed by atoms with E-state index in [1.165, 1.54) is 35.4 Å². The summed E-state index contributed by atoms with van der Waals surface area (Å²) in [5, 5.41) is 17.1. The number of ether oxygens (including phenoxy) is 2. The highest BCUT2D eigenvalue weighted by atomic mass is 32.1. The van der Waals surface area contributed by atoms with Gasteiger partial charge >= 0.3 is 18.2 Å². The first kappa shape index (κ1) is 34.1. The van der Waals surface area contributed by atoms with Crippen molar-refractivity contribution in [2.75, 3.05) is 28.7 Å². The maximum absolute atomic E-state index is 15.4. The van der Waals surface area contributed by atoms with E-state index in [0.717, 1.165) is 6.42 Å². The molecule has 1 saturated carbocycles. The minimum Gasteiger partial charge on any atom is -0.476 e. The summed E-state index contributed by atoms with van der Waals surface area (Å²) in [6.45, 7) is 13.1. The molecule has 16 heteroatoms. The third-order valence-corrected chi connectivity index (χ3v) is 9.58. The summed E-state index contributed by atoms with van der Waals surface area (Å²) in [5.41, 5.74) is -0.327. The number of piperidine rings is 1. The average molecular weight is 697 g/mol. The Labute approximate surface area is 286 Å². The summed E-state index contributed by atoms with van der Waals surface area (Å²) in [6, 6.07) is 2.56. The number of thiazole rings is 1. The van der Waals surface area contributed by atoms with Crippen LogP contribution in [0, 0.1) is 11.7 Å². The highest BCUT2D eigenvalue weighted by Gasteiger charge is 2.47. The van der Waals surface area contributed by atoms with Gasteiger partial charge < -0.3 is 29.8 Å². The van der Waals surface area contributed by atoms with Gasteiger partial charge in [-0.2, -0.15) is 9.97 Å². The number of carboxylic acids is 1. The Balaban J connectivity index is 1.43. The minimum absolute atomic E-state index is 0.00322. The summed E-state index contributed by atoms with van der Waals surface area (Å²) >= 11 is 1.20. The van der Waals surface area contributed by atoms with E-state index in [1.54, 1.807) is 20.8 Å². The molecule has 262 valence electrons. The van der Waals surface area contributed by atoms with Crippen LogP contribution >= 0.6 is 11.3 Å². The third-order valence-electron chi connectivity index (χ3n) is 8.47. The first-order valence-electron chi connectivity index (χ1n) is 16.2. The number of benzene rings is 1. The predicted octanol–water partition coefficient (Wildman–Crippen LogP) is 6.57. The van der Waals surface area contributed by atoms with Crippen LogP contribution in [0.3, 0.4) is 0 Å². The van der Waals surface area contributed by atoms with Gasteiger partial charge in [-0.05, 0) is 78.9 Å². The van der Waals surface area contributed by atoms with Crippen LogP contribution in [0.5, 0.6) is 0 Å². The van der Waals surface area contributed by atoms with E-state index >= 15 is 4.39 Å². The average Bonchev–Trinajstić information content (AvgIpc) is 3.76. The number of amides is 2. The van der Waals surface area contributed by atoms with Crippen LogP contribution in [0.15, 0.2) is 12.1 Å². The number of aromatic carboxylic acids is 1. The van der Waals surface area contributed by atoms with E-state index in [1.807, 2.05) is 27.7 Å². The lowest BCUT2D eigenvalue weighted by atomic mass is 10.0. The number of hydrogen-bond donors (Lipinski definition) is 4. The fraction of sp³-hybridized carbons (Fsp3) is 0.515. The van der Waals surface area contributed by atoms with Gasteiger partial charge in [-0.15, -0.1) is 11.3 Å². The minimum atomic E-state index is -1.12. The van der Waals surface area contributed by atoms with Crippen LogP contribution < -0.4 is 20.4 Å². The van der Waals surface area contributed by atoms with Gasteiger partial charge in [0.1, 0.15) is 28.5 Å². The van der Waals surface area contributed by atoms with Gasteiger partial charge in [0.2, 0.25) is 5.95 Å². The summed E-state index contributed by atoms with van der Waals surface area (Å²) in [4.78, 5) is 58.6. The van der Waals surface area contributed by atoms with Crippen LogP contribution in [0.1, 0.15) is 76.7 Å². The van der Waals surface area contributed by atoms with Crippen molar-refractivity contribution >= 4 is 74.0 Å². The number of carbonyl (C=O) groups is 3. The van der Waals surface area contributed by atoms with Crippen molar-refractivity contribution in [1.29, 1.82) is 0 Å². The molecule has 2 amide bonds. The smallest absolute Gasteiger partial charge is 0.414 e. The Kier molecular flexibility index (Phi) is 8.57. The Morgan fingerprint density at radius 2 is 1.82 bits per heavy atom. The van der Waals surface area contributed by atoms with Crippen molar-refractivity contribution in [3.63, 3.8) is 0 Å². The fourth-order valence-electron chi connectivity index (χ4n) is 6.54. The molecule has 14 nitrogen and oxygen atoms in total. The summed E-state index contributed by atoms with van der Waals surface area (Å²) in [6.07, 6.45) is 0.819. The quantitative estimate of drug-likeness (QED) is 0.164. The highest BCUT2D eigenvalue weighted by molar-refractivity contribution is 7.16. The number of carboxylic acid groups (broad SMARTS) is 1. The second-order valence-corrected chi connectivity index (χ2v) is 15.6. The summed E-state index contributed by atoms with van der Waals surface area (Å²) < 4.78 is 26.4. The fourth-order valence-corrected chi connectivity index (χ4v) is 7.43. The van der Waals surface area contributed by atoms with E-state index < -0.39 is 35.2 Å². The molecule has 1 aliphatic heterocycles. The molecule has 4 aromatic rings. The zero-order valence-electron chi connectivity index (χ0n) is 28.7. The second-order valence-electron chi connectivity index (χ2n) is 14.5. The van der Waals surface area contributed by atoms with Crippen LogP contribution in [0.25, 0.3) is 21.9 Å². The summed E-state index contributed by atoms with van der Waals surface area (Å²) in [5.74, 6) is -0.882. The lowest BCUT2D eigenvalue weighted by molar-refractivity contribution is 0.0489. The first-order chi connectivity index (χ1) is 22.9. The first-order valence-corrected chi connectivity index (χ1v) is 17.0. The van der Waals surface area contributed by atoms with Crippen molar-refractivity contribution in [1.82, 2.24) is 25.3 Å². The van der Waals surface area contributed by atoms with Gasteiger partial charge in [0, 0.05) is 35.9 Å². The number of rotatable bonds is 7. The molecule has 2 aliphatic rings. The number of aryl methyl sites for hydroxylation is 1. The number of nitrogens with one attached hydrogen (secondary N) is 3. The lowest BCUT2D eigenvalue weighted by Crippen LogP contribution is -2.47. The standard InChI is InChI=1S/C33H41FN8O6S/c1-9-21-24(27(43)44)37-29(49-21)40-28-38-25-22(18-11-16(34)12-20(23(18)36-25)41(8)31(46)48-33(5,6)7)26(39-28)42-14-15-10-17(42)13-19(15)35-30(45)47-32(2,3)4/h11-12,15,17,19H,9-10,13-14H2,1-8H3,(H,35,45)(H,43,44)(H2,36,37,38,39,40). The number of aromatic amines is 1. The maximum Gasteiger partial charge on any atom is 0.414 e. The SMILES string of the molecule is CCc1sc(Nc2nc(N3CC4CC3CC4NC(=O)OC(C)(C)C)c3c(n2)[nH]c2c(N(C)C(=O)OC(C)(C)C)cc(F)cc23)nc1C(=O)O. The monoisotopic (exact) mass is 696 g/mol. The molecule has 2 bridgehead atoms. The topological polar surface area (TPSA) is 175 Å². The largest absolute Gasteiger partial charge is 0.476 e. The number of hydrogen-bond acceptors (Lipinski definition) is 11. The van der Waals surface area contributed by atoms with Crippen LogP contribution in [0.4, 0.5) is 36.6 Å². The van der Waals surface area contributed by atoms with E-state index in [9.17, 15) is 19.5 Å². The van der Waals surface area contributed by atoms with Crippen molar-refractivity contribution in [3.05, 3.63) is 28.5 Å². The molecule has 3 atom stereocenters. The molecule has 1 aromatic carbocycles. The molecule has 3 unspecified atom stereocenters. The predicted molar refractivity (Wildman–Crippen MR) is 185 cm³/mol. The van der Waals surface area contributed by atoms with Crippen LogP contribution in [0.2, 0.25) is 0 Å². The number of nitrogens with zero attached hydrogens (tertiary/aromatic N) is 5. The number of fused-ring (bicyclic) bond motifs is 5. The van der Waals surface area contributed by atoms with Gasteiger partial charge in [0.15, 0.2) is 10.8 Å². The molecule has 0 spiro atoms. The second kappa shape index (κ2) is 12.3. The normalized spacial score (nSPS) is 19.0. The Morgan fingerprint density at radius 3 is 2.41 bits per heavy atom. The van der Waals surface area contributed by atoms with E-state index in [2.05, 4.69) is 25.5 Å². The van der Waals surface area contributed by atoms with Gasteiger partial charge in [0.05, 0.1) is 16.6 Å². The molecule has 1 aliphatic carbocycles. The van der Waals surface area contributed by atoms with Gasteiger partial charge in [-0.3, -0.25) is 10.2 Å². The van der Waals surface area contributed by atoms with Crippen LogP contribution in [-0.2, 0) is 15.9 Å². The molecule has 2 fully saturated rings. The molecule has 6 rings (SSSR count). The number of aromatic nitrogens is 4.